The molecule has 0 aromatic carbocycles. The summed E-state index contributed by atoms with van der Waals surface area (Å²) in [7, 11) is 1.89. The summed E-state index contributed by atoms with van der Waals surface area (Å²) < 4.78 is 1.88. The van der Waals surface area contributed by atoms with Gasteiger partial charge in [-0.25, -0.2) is 4.98 Å². The van der Waals surface area contributed by atoms with Crippen LogP contribution in [-0.4, -0.2) is 20.4 Å². The first-order chi connectivity index (χ1) is 7.50. The van der Waals surface area contributed by atoms with Crippen LogP contribution in [-0.2, 0) is 13.7 Å². The summed E-state index contributed by atoms with van der Waals surface area (Å²) in [6, 6.07) is 2.28. The number of aliphatic hydroxyl groups is 1. The predicted molar refractivity (Wildman–Crippen MR) is 63.9 cm³/mol. The number of nitrogens with zero attached hydrogens (tertiary/aromatic N) is 3. The van der Waals surface area contributed by atoms with Crippen molar-refractivity contribution in [1.82, 2.24) is 9.55 Å². The SMILES string of the molecule is Cn1c(CO)cnc1SCCC(C)(C)C#N. The summed E-state index contributed by atoms with van der Waals surface area (Å²) in [6.45, 7) is 3.88. The smallest absolute Gasteiger partial charge is 0.167 e. The second kappa shape index (κ2) is 5.37. The van der Waals surface area contributed by atoms with Crippen LogP contribution in [0.1, 0.15) is 26.0 Å². The molecule has 88 valence electrons. The molecule has 0 spiro atoms. The average Bonchev–Trinajstić information content (AvgIpc) is 2.60. The number of nitriles is 1. The van der Waals surface area contributed by atoms with E-state index >= 15 is 0 Å². The Kier molecular flexibility index (Phi) is 4.39. The molecule has 5 heteroatoms. The Labute approximate surface area is 100 Å². The Morgan fingerprint density at radius 2 is 2.31 bits per heavy atom. The fourth-order valence-corrected chi connectivity index (χ4v) is 2.39. The molecule has 0 bridgehead atoms. The molecule has 0 unspecified atom stereocenters. The average molecular weight is 239 g/mol. The van der Waals surface area contributed by atoms with Crippen molar-refractivity contribution < 1.29 is 5.11 Å². The first-order valence-electron chi connectivity index (χ1n) is 5.15. The van der Waals surface area contributed by atoms with E-state index in [-0.39, 0.29) is 12.0 Å². The Balaban J connectivity index is 2.50. The van der Waals surface area contributed by atoms with Crippen molar-refractivity contribution in [1.29, 1.82) is 5.26 Å². The van der Waals surface area contributed by atoms with Gasteiger partial charge in [0.2, 0.25) is 0 Å². The molecule has 16 heavy (non-hydrogen) atoms. The molecule has 1 N–H and O–H groups in total. The Morgan fingerprint density at radius 1 is 1.62 bits per heavy atom. The van der Waals surface area contributed by atoms with Gasteiger partial charge in [-0.3, -0.25) is 0 Å². The molecule has 0 aliphatic rings. The third-order valence-electron chi connectivity index (χ3n) is 2.46. The van der Waals surface area contributed by atoms with Crippen LogP contribution in [0.25, 0.3) is 0 Å². The number of thioether (sulfide) groups is 1. The zero-order valence-electron chi connectivity index (χ0n) is 9.90. The van der Waals surface area contributed by atoms with Gasteiger partial charge in [0, 0.05) is 12.8 Å². The van der Waals surface area contributed by atoms with Crippen molar-refractivity contribution >= 4 is 11.8 Å². The quantitative estimate of drug-likeness (QED) is 0.798. The van der Waals surface area contributed by atoms with Crippen LogP contribution in [0.4, 0.5) is 0 Å². The lowest BCUT2D eigenvalue weighted by Gasteiger charge is -2.13. The lowest BCUT2D eigenvalue weighted by molar-refractivity contribution is 0.271. The van der Waals surface area contributed by atoms with Crippen LogP contribution in [0.3, 0.4) is 0 Å². The zero-order chi connectivity index (χ0) is 12.2. The van der Waals surface area contributed by atoms with Gasteiger partial charge >= 0.3 is 0 Å². The highest BCUT2D eigenvalue weighted by Crippen LogP contribution is 2.25. The van der Waals surface area contributed by atoms with Crippen LogP contribution in [0.15, 0.2) is 11.4 Å². The summed E-state index contributed by atoms with van der Waals surface area (Å²) in [5.74, 6) is 0.857. The van der Waals surface area contributed by atoms with Gasteiger partial charge < -0.3 is 9.67 Å². The first kappa shape index (κ1) is 13.1. The fourth-order valence-electron chi connectivity index (χ4n) is 1.16. The maximum atomic E-state index is 9.01. The van der Waals surface area contributed by atoms with Crippen molar-refractivity contribution in [2.24, 2.45) is 12.5 Å². The third kappa shape index (κ3) is 3.26. The van der Waals surface area contributed by atoms with E-state index < -0.39 is 0 Å². The Hall–Kier alpha value is -0.990. The highest BCUT2D eigenvalue weighted by atomic mass is 32.2. The number of hydrogen-bond donors (Lipinski definition) is 1. The summed E-state index contributed by atoms with van der Waals surface area (Å²) in [6.07, 6.45) is 2.51. The number of imidazole rings is 1. The molecule has 1 rings (SSSR count). The van der Waals surface area contributed by atoms with Gasteiger partial charge in [-0.05, 0) is 20.3 Å². The van der Waals surface area contributed by atoms with E-state index in [9.17, 15) is 0 Å². The molecular formula is C11H17N3OS. The monoisotopic (exact) mass is 239 g/mol. The van der Waals surface area contributed by atoms with Crippen LogP contribution >= 0.6 is 11.8 Å². The highest BCUT2D eigenvalue weighted by molar-refractivity contribution is 7.99. The number of aromatic nitrogens is 2. The second-order valence-corrected chi connectivity index (χ2v) is 5.41. The minimum atomic E-state index is -0.280. The van der Waals surface area contributed by atoms with E-state index in [1.807, 2.05) is 25.5 Å². The van der Waals surface area contributed by atoms with Crippen molar-refractivity contribution in [2.75, 3.05) is 5.75 Å². The van der Waals surface area contributed by atoms with Gasteiger partial charge in [0.25, 0.3) is 0 Å². The van der Waals surface area contributed by atoms with Crippen LogP contribution in [0.5, 0.6) is 0 Å². The van der Waals surface area contributed by atoms with Crippen molar-refractivity contribution in [2.45, 2.75) is 32.0 Å². The topological polar surface area (TPSA) is 61.8 Å². The number of aliphatic hydroxyl groups excluding tert-OH is 1. The molecular weight excluding hydrogens is 222 g/mol. The molecule has 0 saturated carbocycles. The molecule has 4 nitrogen and oxygen atoms in total. The first-order valence-corrected chi connectivity index (χ1v) is 6.14. The minimum Gasteiger partial charge on any atom is -0.390 e. The van der Waals surface area contributed by atoms with Gasteiger partial charge in [-0.15, -0.1) is 0 Å². The van der Waals surface area contributed by atoms with E-state index in [2.05, 4.69) is 11.1 Å². The molecule has 0 fully saturated rings. The van der Waals surface area contributed by atoms with Crippen molar-refractivity contribution in [3.8, 4) is 6.07 Å². The molecule has 0 atom stereocenters. The zero-order valence-corrected chi connectivity index (χ0v) is 10.7. The van der Waals surface area contributed by atoms with Crippen LogP contribution in [0.2, 0.25) is 0 Å². The normalized spacial score (nSPS) is 11.4. The molecule has 1 heterocycles. The van der Waals surface area contributed by atoms with E-state index in [1.54, 1.807) is 18.0 Å². The minimum absolute atomic E-state index is 0.00769. The van der Waals surface area contributed by atoms with Gasteiger partial charge in [0.15, 0.2) is 5.16 Å². The van der Waals surface area contributed by atoms with Gasteiger partial charge in [0.05, 0.1) is 30.0 Å². The Morgan fingerprint density at radius 3 is 2.81 bits per heavy atom. The van der Waals surface area contributed by atoms with Gasteiger partial charge in [-0.2, -0.15) is 5.26 Å². The summed E-state index contributed by atoms with van der Waals surface area (Å²) in [4.78, 5) is 4.21. The van der Waals surface area contributed by atoms with E-state index in [0.717, 1.165) is 23.0 Å². The molecule has 0 aliphatic heterocycles. The molecule has 0 saturated heterocycles. The maximum absolute atomic E-state index is 9.01. The molecule has 0 amide bonds. The Bertz CT molecular complexity index is 392. The lowest BCUT2D eigenvalue weighted by Crippen LogP contribution is -2.09. The van der Waals surface area contributed by atoms with Crippen LogP contribution in [0, 0.1) is 16.7 Å². The van der Waals surface area contributed by atoms with E-state index in [1.165, 1.54) is 0 Å². The second-order valence-electron chi connectivity index (χ2n) is 4.34. The lowest BCUT2D eigenvalue weighted by atomic mass is 9.93. The number of hydrogen-bond acceptors (Lipinski definition) is 4. The molecule has 1 aromatic heterocycles. The number of rotatable bonds is 5. The summed E-state index contributed by atoms with van der Waals surface area (Å²) in [5.41, 5.74) is 0.528. The predicted octanol–water partition coefficient (Wildman–Crippen LogP) is 1.94. The molecule has 1 aromatic rings. The maximum Gasteiger partial charge on any atom is 0.167 e. The standard InChI is InChI=1S/C11H17N3OS/c1-11(2,8-12)4-5-16-10-13-6-9(7-15)14(10)3/h6,15H,4-5,7H2,1-3H3. The molecule has 0 radical (unpaired) electrons. The molecule has 0 aliphatic carbocycles. The fraction of sp³-hybridized carbons (Fsp3) is 0.636. The summed E-state index contributed by atoms with van der Waals surface area (Å²) in [5, 5.41) is 18.8. The van der Waals surface area contributed by atoms with Crippen molar-refractivity contribution in [3.63, 3.8) is 0 Å². The van der Waals surface area contributed by atoms with Gasteiger partial charge in [0.1, 0.15) is 0 Å². The largest absolute Gasteiger partial charge is 0.390 e. The highest BCUT2D eigenvalue weighted by Gasteiger charge is 2.16. The van der Waals surface area contributed by atoms with E-state index in [4.69, 9.17) is 10.4 Å². The third-order valence-corrected chi connectivity index (χ3v) is 3.51. The van der Waals surface area contributed by atoms with E-state index in [0.29, 0.717) is 0 Å². The summed E-state index contributed by atoms with van der Waals surface area (Å²) >= 11 is 1.62. The van der Waals surface area contributed by atoms with Crippen molar-refractivity contribution in [3.05, 3.63) is 11.9 Å². The van der Waals surface area contributed by atoms with Crippen LogP contribution < -0.4 is 0 Å². The van der Waals surface area contributed by atoms with Gasteiger partial charge in [-0.1, -0.05) is 11.8 Å².